The molecule has 1 atom stereocenters. The Labute approximate surface area is 113 Å². The van der Waals surface area contributed by atoms with Crippen molar-refractivity contribution in [1.29, 1.82) is 0 Å². The van der Waals surface area contributed by atoms with Gasteiger partial charge in [0.2, 0.25) is 0 Å². The lowest BCUT2D eigenvalue weighted by molar-refractivity contribution is -0.146. The Morgan fingerprint density at radius 3 is 2.50 bits per heavy atom. The lowest BCUT2D eigenvalue weighted by Crippen LogP contribution is -2.23. The predicted molar refractivity (Wildman–Crippen MR) is 68.3 cm³/mol. The molecule has 1 aromatic rings. The van der Waals surface area contributed by atoms with Crippen LogP contribution in [0.1, 0.15) is 13.8 Å². The summed E-state index contributed by atoms with van der Waals surface area (Å²) in [5.74, 6) is -2.30. The molecular formula is C12H14BrF2NO2. The summed E-state index contributed by atoms with van der Waals surface area (Å²) >= 11 is 2.99. The number of carbonyl (C=O) groups is 1. The van der Waals surface area contributed by atoms with E-state index >= 15 is 0 Å². The van der Waals surface area contributed by atoms with Crippen molar-refractivity contribution in [2.45, 2.75) is 13.8 Å². The highest BCUT2D eigenvalue weighted by Gasteiger charge is 2.16. The second kappa shape index (κ2) is 6.68. The molecule has 0 aliphatic rings. The van der Waals surface area contributed by atoms with E-state index < -0.39 is 23.5 Å². The first-order chi connectivity index (χ1) is 8.45. The number of nitrogens with one attached hydrogen (secondary N) is 1. The molecule has 0 saturated heterocycles. The molecule has 0 aliphatic carbocycles. The zero-order valence-electron chi connectivity index (χ0n) is 10.1. The maximum atomic E-state index is 13.5. The van der Waals surface area contributed by atoms with Crippen LogP contribution in [-0.2, 0) is 9.53 Å². The highest BCUT2D eigenvalue weighted by molar-refractivity contribution is 9.10. The second-order valence-electron chi connectivity index (χ2n) is 3.78. The number of rotatable bonds is 5. The van der Waals surface area contributed by atoms with E-state index in [2.05, 4.69) is 21.2 Å². The van der Waals surface area contributed by atoms with Crippen molar-refractivity contribution in [3.63, 3.8) is 0 Å². The van der Waals surface area contributed by atoms with Gasteiger partial charge in [-0.2, -0.15) is 0 Å². The van der Waals surface area contributed by atoms with E-state index in [-0.39, 0.29) is 18.8 Å². The van der Waals surface area contributed by atoms with Crippen LogP contribution in [0, 0.1) is 17.6 Å². The number of halogens is 3. The zero-order valence-corrected chi connectivity index (χ0v) is 11.7. The molecular weight excluding hydrogens is 308 g/mol. The van der Waals surface area contributed by atoms with Crippen molar-refractivity contribution in [1.82, 2.24) is 0 Å². The standard InChI is InChI=1S/C12H14BrF2NO2/c1-3-18-12(17)7(2)6-16-11-9(14)4-8(13)5-10(11)15/h4-5,7,16H,3,6H2,1-2H3. The van der Waals surface area contributed by atoms with E-state index in [0.29, 0.717) is 4.47 Å². The number of hydrogen-bond acceptors (Lipinski definition) is 3. The monoisotopic (exact) mass is 321 g/mol. The van der Waals surface area contributed by atoms with Gasteiger partial charge in [0.1, 0.15) is 17.3 Å². The average Bonchev–Trinajstić information content (AvgIpc) is 2.27. The summed E-state index contributed by atoms with van der Waals surface area (Å²) in [6.45, 7) is 3.71. The Bertz CT molecular complexity index is 417. The summed E-state index contributed by atoms with van der Waals surface area (Å²) in [5.41, 5.74) is -0.241. The first kappa shape index (κ1) is 14.9. The van der Waals surface area contributed by atoms with Gasteiger partial charge >= 0.3 is 5.97 Å². The minimum Gasteiger partial charge on any atom is -0.466 e. The minimum atomic E-state index is -0.710. The zero-order chi connectivity index (χ0) is 13.7. The largest absolute Gasteiger partial charge is 0.466 e. The summed E-state index contributed by atoms with van der Waals surface area (Å²) in [4.78, 5) is 11.3. The molecule has 0 spiro atoms. The summed E-state index contributed by atoms with van der Waals surface area (Å²) in [7, 11) is 0. The van der Waals surface area contributed by atoms with E-state index in [1.807, 2.05) is 0 Å². The third-order valence-corrected chi connectivity index (χ3v) is 2.74. The Morgan fingerprint density at radius 2 is 2.00 bits per heavy atom. The molecule has 0 amide bonds. The van der Waals surface area contributed by atoms with E-state index in [4.69, 9.17) is 4.74 Å². The van der Waals surface area contributed by atoms with Gasteiger partial charge in [0.25, 0.3) is 0 Å². The summed E-state index contributed by atoms with van der Waals surface area (Å²) in [6.07, 6.45) is 0. The molecule has 3 nitrogen and oxygen atoms in total. The molecule has 1 rings (SSSR count). The van der Waals surface area contributed by atoms with Gasteiger partial charge in [0.15, 0.2) is 0 Å². The SMILES string of the molecule is CCOC(=O)C(C)CNc1c(F)cc(Br)cc1F. The number of anilines is 1. The first-order valence-corrected chi connectivity index (χ1v) is 6.30. The van der Waals surface area contributed by atoms with Gasteiger partial charge < -0.3 is 10.1 Å². The molecule has 0 aliphatic heterocycles. The van der Waals surface area contributed by atoms with Crippen LogP contribution in [0.4, 0.5) is 14.5 Å². The van der Waals surface area contributed by atoms with Crippen molar-refractivity contribution in [2.24, 2.45) is 5.92 Å². The number of benzene rings is 1. The van der Waals surface area contributed by atoms with Gasteiger partial charge in [-0.25, -0.2) is 8.78 Å². The van der Waals surface area contributed by atoms with E-state index in [1.165, 1.54) is 0 Å². The normalized spacial score (nSPS) is 12.1. The van der Waals surface area contributed by atoms with Crippen molar-refractivity contribution in [2.75, 3.05) is 18.5 Å². The molecule has 100 valence electrons. The molecule has 0 fully saturated rings. The lowest BCUT2D eigenvalue weighted by atomic mass is 10.2. The fourth-order valence-electron chi connectivity index (χ4n) is 1.33. The van der Waals surface area contributed by atoms with Gasteiger partial charge in [-0.1, -0.05) is 22.9 Å². The maximum Gasteiger partial charge on any atom is 0.310 e. The van der Waals surface area contributed by atoms with Crippen LogP contribution in [0.15, 0.2) is 16.6 Å². The Morgan fingerprint density at radius 1 is 1.44 bits per heavy atom. The molecule has 1 unspecified atom stereocenters. The molecule has 6 heteroatoms. The number of hydrogen-bond donors (Lipinski definition) is 1. The summed E-state index contributed by atoms with van der Waals surface area (Å²) in [6, 6.07) is 2.31. The Balaban J connectivity index is 2.66. The van der Waals surface area contributed by atoms with Gasteiger partial charge in [-0.3, -0.25) is 4.79 Å². The molecule has 0 aromatic heterocycles. The molecule has 1 aromatic carbocycles. The van der Waals surface area contributed by atoms with Crippen molar-refractivity contribution < 1.29 is 18.3 Å². The number of carbonyl (C=O) groups excluding carboxylic acids is 1. The van der Waals surface area contributed by atoms with Gasteiger partial charge in [-0.05, 0) is 19.1 Å². The van der Waals surface area contributed by atoms with Crippen LogP contribution in [0.2, 0.25) is 0 Å². The highest BCUT2D eigenvalue weighted by atomic mass is 79.9. The average molecular weight is 322 g/mol. The quantitative estimate of drug-likeness (QED) is 0.845. The number of ether oxygens (including phenoxy) is 1. The van der Waals surface area contributed by atoms with Crippen LogP contribution in [-0.4, -0.2) is 19.1 Å². The lowest BCUT2D eigenvalue weighted by Gasteiger charge is -2.13. The third kappa shape index (κ3) is 3.94. The molecule has 0 bridgehead atoms. The fraction of sp³-hybridized carbons (Fsp3) is 0.417. The van der Waals surface area contributed by atoms with Gasteiger partial charge in [0, 0.05) is 11.0 Å². The summed E-state index contributed by atoms with van der Waals surface area (Å²) < 4.78 is 32.0. The molecule has 18 heavy (non-hydrogen) atoms. The van der Waals surface area contributed by atoms with Crippen LogP contribution in [0.25, 0.3) is 0 Å². The molecule has 0 saturated carbocycles. The highest BCUT2D eigenvalue weighted by Crippen LogP contribution is 2.23. The second-order valence-corrected chi connectivity index (χ2v) is 4.69. The van der Waals surface area contributed by atoms with E-state index in [9.17, 15) is 13.6 Å². The third-order valence-electron chi connectivity index (χ3n) is 2.28. The van der Waals surface area contributed by atoms with Crippen molar-refractivity contribution >= 4 is 27.6 Å². The van der Waals surface area contributed by atoms with Gasteiger partial charge in [-0.15, -0.1) is 0 Å². The van der Waals surface area contributed by atoms with Crippen molar-refractivity contribution in [3.05, 3.63) is 28.2 Å². The van der Waals surface area contributed by atoms with Crippen LogP contribution in [0.5, 0.6) is 0 Å². The maximum absolute atomic E-state index is 13.5. The smallest absolute Gasteiger partial charge is 0.310 e. The fourth-order valence-corrected chi connectivity index (χ4v) is 1.74. The van der Waals surface area contributed by atoms with E-state index in [1.54, 1.807) is 13.8 Å². The molecule has 1 N–H and O–H groups in total. The van der Waals surface area contributed by atoms with Crippen LogP contribution in [0.3, 0.4) is 0 Å². The van der Waals surface area contributed by atoms with Crippen LogP contribution < -0.4 is 5.32 Å². The molecule has 0 radical (unpaired) electrons. The first-order valence-electron chi connectivity index (χ1n) is 5.50. The summed E-state index contributed by atoms with van der Waals surface area (Å²) in [5, 5.41) is 2.58. The van der Waals surface area contributed by atoms with Crippen molar-refractivity contribution in [3.8, 4) is 0 Å². The van der Waals surface area contributed by atoms with Crippen LogP contribution >= 0.6 is 15.9 Å². The predicted octanol–water partition coefficient (Wildman–Crippen LogP) is 3.34. The van der Waals surface area contributed by atoms with E-state index in [0.717, 1.165) is 12.1 Å². The topological polar surface area (TPSA) is 38.3 Å². The number of esters is 1. The van der Waals surface area contributed by atoms with Gasteiger partial charge in [0.05, 0.1) is 12.5 Å². The Hall–Kier alpha value is -1.17. The molecule has 0 heterocycles. The minimum absolute atomic E-state index is 0.105. The Kier molecular flexibility index (Phi) is 5.53.